The summed E-state index contributed by atoms with van der Waals surface area (Å²) in [5, 5.41) is 7.43. The summed E-state index contributed by atoms with van der Waals surface area (Å²) in [6.45, 7) is 4.36. The molecule has 0 saturated carbocycles. The van der Waals surface area contributed by atoms with E-state index in [1.807, 2.05) is 24.1 Å². The normalized spacial score (nSPS) is 17.3. The van der Waals surface area contributed by atoms with E-state index in [4.69, 9.17) is 4.98 Å². The highest BCUT2D eigenvalue weighted by molar-refractivity contribution is 7.14. The van der Waals surface area contributed by atoms with Gasteiger partial charge in [-0.2, -0.15) is 5.10 Å². The minimum Gasteiger partial charge on any atom is -0.346 e. The van der Waals surface area contributed by atoms with Crippen LogP contribution in [0.15, 0.2) is 17.8 Å². The highest BCUT2D eigenvalue weighted by Crippen LogP contribution is 2.27. The number of anilines is 1. The van der Waals surface area contributed by atoms with Crippen LogP contribution in [0, 0.1) is 0 Å². The van der Waals surface area contributed by atoms with Gasteiger partial charge in [-0.05, 0) is 7.05 Å². The number of likely N-dealkylation sites (N-methyl/N-ethyl adjacent to an activating group) is 1. The first-order valence-corrected chi connectivity index (χ1v) is 6.98. The Labute approximate surface area is 111 Å². The molecule has 5 nitrogen and oxygen atoms in total. The zero-order valence-electron chi connectivity index (χ0n) is 10.7. The van der Waals surface area contributed by atoms with Crippen molar-refractivity contribution in [3.8, 4) is 11.3 Å². The molecule has 0 unspecified atom stereocenters. The molecular formula is C12H17N5S. The molecule has 96 valence electrons. The summed E-state index contributed by atoms with van der Waals surface area (Å²) in [4.78, 5) is 9.43. The zero-order valence-corrected chi connectivity index (χ0v) is 11.5. The van der Waals surface area contributed by atoms with Crippen molar-refractivity contribution in [2.75, 3.05) is 38.1 Å². The van der Waals surface area contributed by atoms with E-state index in [1.165, 1.54) is 0 Å². The summed E-state index contributed by atoms with van der Waals surface area (Å²) >= 11 is 1.72. The lowest BCUT2D eigenvalue weighted by Crippen LogP contribution is -2.44. The summed E-state index contributed by atoms with van der Waals surface area (Å²) in [6, 6.07) is 0. The van der Waals surface area contributed by atoms with E-state index in [1.54, 1.807) is 11.3 Å². The molecule has 1 fully saturated rings. The van der Waals surface area contributed by atoms with Crippen LogP contribution in [0.4, 0.5) is 5.13 Å². The fraction of sp³-hybridized carbons (Fsp3) is 0.500. The minimum absolute atomic E-state index is 1.03. The number of nitrogens with zero attached hydrogens (tertiary/aromatic N) is 5. The van der Waals surface area contributed by atoms with Gasteiger partial charge in [0, 0.05) is 50.4 Å². The van der Waals surface area contributed by atoms with Crippen LogP contribution in [-0.4, -0.2) is 52.9 Å². The second-order valence-corrected chi connectivity index (χ2v) is 5.54. The monoisotopic (exact) mass is 263 g/mol. The van der Waals surface area contributed by atoms with Crippen molar-refractivity contribution in [3.63, 3.8) is 0 Å². The summed E-state index contributed by atoms with van der Waals surface area (Å²) in [5.41, 5.74) is 2.12. The molecule has 0 atom stereocenters. The third kappa shape index (κ3) is 2.26. The molecule has 1 aliphatic heterocycles. The third-order valence-electron chi connectivity index (χ3n) is 3.27. The zero-order chi connectivity index (χ0) is 12.5. The van der Waals surface area contributed by atoms with Gasteiger partial charge in [-0.15, -0.1) is 11.3 Å². The van der Waals surface area contributed by atoms with Crippen LogP contribution in [0.5, 0.6) is 0 Å². The van der Waals surface area contributed by atoms with Crippen LogP contribution in [0.2, 0.25) is 0 Å². The van der Waals surface area contributed by atoms with Crippen molar-refractivity contribution in [3.05, 3.63) is 17.8 Å². The first kappa shape index (κ1) is 11.7. The van der Waals surface area contributed by atoms with Crippen LogP contribution < -0.4 is 4.90 Å². The largest absolute Gasteiger partial charge is 0.346 e. The number of piperazine rings is 1. The molecule has 0 aromatic carbocycles. The van der Waals surface area contributed by atoms with Gasteiger partial charge < -0.3 is 9.80 Å². The van der Waals surface area contributed by atoms with Gasteiger partial charge in [-0.25, -0.2) is 4.98 Å². The van der Waals surface area contributed by atoms with E-state index in [2.05, 4.69) is 27.3 Å². The van der Waals surface area contributed by atoms with Crippen LogP contribution >= 0.6 is 11.3 Å². The van der Waals surface area contributed by atoms with E-state index in [9.17, 15) is 0 Å². The van der Waals surface area contributed by atoms with Gasteiger partial charge in [0.05, 0.1) is 11.9 Å². The highest BCUT2D eigenvalue weighted by Gasteiger charge is 2.17. The molecule has 3 heterocycles. The fourth-order valence-electron chi connectivity index (χ4n) is 2.09. The average molecular weight is 263 g/mol. The highest BCUT2D eigenvalue weighted by atomic mass is 32.1. The molecule has 2 aromatic rings. The molecule has 0 aliphatic carbocycles. The summed E-state index contributed by atoms with van der Waals surface area (Å²) in [7, 11) is 4.09. The Morgan fingerprint density at radius 1 is 1.17 bits per heavy atom. The topological polar surface area (TPSA) is 37.2 Å². The standard InChI is InChI=1S/C12H17N5S/c1-15-3-5-17(6-4-15)12-14-11(9-18-12)10-7-13-16(2)8-10/h7-9H,3-6H2,1-2H3. The smallest absolute Gasteiger partial charge is 0.185 e. The van der Waals surface area contributed by atoms with Crippen LogP contribution in [0.3, 0.4) is 0 Å². The second kappa shape index (κ2) is 4.70. The van der Waals surface area contributed by atoms with Crippen LogP contribution in [0.25, 0.3) is 11.3 Å². The quantitative estimate of drug-likeness (QED) is 0.818. The van der Waals surface area contributed by atoms with Gasteiger partial charge in [0.15, 0.2) is 5.13 Å². The molecule has 3 rings (SSSR count). The van der Waals surface area contributed by atoms with E-state index in [0.29, 0.717) is 0 Å². The lowest BCUT2D eigenvalue weighted by molar-refractivity contribution is 0.313. The molecule has 0 spiro atoms. The molecule has 18 heavy (non-hydrogen) atoms. The number of aryl methyl sites for hydroxylation is 1. The van der Waals surface area contributed by atoms with Crippen molar-refractivity contribution in [1.82, 2.24) is 19.7 Å². The molecule has 1 saturated heterocycles. The van der Waals surface area contributed by atoms with Crippen molar-refractivity contribution in [1.29, 1.82) is 0 Å². The molecular weight excluding hydrogens is 246 g/mol. The average Bonchev–Trinajstić information content (AvgIpc) is 2.98. The van der Waals surface area contributed by atoms with Gasteiger partial charge in [-0.1, -0.05) is 0 Å². The molecule has 0 radical (unpaired) electrons. The van der Waals surface area contributed by atoms with Crippen molar-refractivity contribution < 1.29 is 0 Å². The van der Waals surface area contributed by atoms with E-state index >= 15 is 0 Å². The second-order valence-electron chi connectivity index (χ2n) is 4.71. The summed E-state index contributed by atoms with van der Waals surface area (Å²) in [5.74, 6) is 0. The number of aromatic nitrogens is 3. The van der Waals surface area contributed by atoms with Gasteiger partial charge in [-0.3, -0.25) is 4.68 Å². The van der Waals surface area contributed by atoms with Crippen molar-refractivity contribution in [2.45, 2.75) is 0 Å². The van der Waals surface area contributed by atoms with E-state index in [-0.39, 0.29) is 0 Å². The predicted molar refractivity (Wildman–Crippen MR) is 74.0 cm³/mol. The lowest BCUT2D eigenvalue weighted by Gasteiger charge is -2.32. The van der Waals surface area contributed by atoms with Crippen molar-refractivity contribution >= 4 is 16.5 Å². The summed E-state index contributed by atoms with van der Waals surface area (Å²) < 4.78 is 1.81. The number of thiazole rings is 1. The Morgan fingerprint density at radius 2 is 1.94 bits per heavy atom. The first-order chi connectivity index (χ1) is 8.72. The Balaban J connectivity index is 1.77. The number of hydrogen-bond donors (Lipinski definition) is 0. The first-order valence-electron chi connectivity index (χ1n) is 6.10. The molecule has 2 aromatic heterocycles. The maximum absolute atomic E-state index is 4.72. The van der Waals surface area contributed by atoms with Gasteiger partial charge in [0.2, 0.25) is 0 Å². The molecule has 6 heteroatoms. The predicted octanol–water partition coefficient (Wildman–Crippen LogP) is 1.30. The lowest BCUT2D eigenvalue weighted by atomic mass is 10.3. The molecule has 0 amide bonds. The number of rotatable bonds is 2. The maximum Gasteiger partial charge on any atom is 0.185 e. The van der Waals surface area contributed by atoms with Gasteiger partial charge in [0.25, 0.3) is 0 Å². The van der Waals surface area contributed by atoms with Crippen molar-refractivity contribution in [2.24, 2.45) is 7.05 Å². The number of hydrogen-bond acceptors (Lipinski definition) is 5. The van der Waals surface area contributed by atoms with Crippen LogP contribution in [-0.2, 0) is 7.05 Å². The van der Waals surface area contributed by atoms with E-state index in [0.717, 1.165) is 42.6 Å². The Morgan fingerprint density at radius 3 is 2.61 bits per heavy atom. The van der Waals surface area contributed by atoms with Gasteiger partial charge >= 0.3 is 0 Å². The Hall–Kier alpha value is -1.40. The minimum atomic E-state index is 1.03. The SMILES string of the molecule is CN1CCN(c2nc(-c3cnn(C)c3)cs2)CC1. The Bertz CT molecular complexity index is 524. The van der Waals surface area contributed by atoms with E-state index < -0.39 is 0 Å². The summed E-state index contributed by atoms with van der Waals surface area (Å²) in [6.07, 6.45) is 3.87. The third-order valence-corrected chi connectivity index (χ3v) is 4.17. The molecule has 0 bridgehead atoms. The molecule has 1 aliphatic rings. The van der Waals surface area contributed by atoms with Crippen LogP contribution in [0.1, 0.15) is 0 Å². The maximum atomic E-state index is 4.72. The fourth-order valence-corrected chi connectivity index (χ4v) is 2.98. The molecule has 0 N–H and O–H groups in total. The Kier molecular flexibility index (Phi) is 3.05. The van der Waals surface area contributed by atoms with Gasteiger partial charge in [0.1, 0.15) is 0 Å².